The summed E-state index contributed by atoms with van der Waals surface area (Å²) in [4.78, 5) is 0. The Morgan fingerprint density at radius 1 is 1.27 bits per heavy atom. The van der Waals surface area contributed by atoms with Crippen molar-refractivity contribution in [2.75, 3.05) is 19.8 Å². The van der Waals surface area contributed by atoms with Gasteiger partial charge in [0.25, 0.3) is 0 Å². The molecule has 1 aliphatic rings. The zero-order valence-corrected chi connectivity index (χ0v) is 10.6. The van der Waals surface area contributed by atoms with Crippen molar-refractivity contribution in [2.45, 2.75) is 52.5 Å². The Labute approximate surface area is 94.8 Å². The van der Waals surface area contributed by atoms with Crippen LogP contribution in [0.1, 0.15) is 46.5 Å². The van der Waals surface area contributed by atoms with E-state index in [9.17, 15) is 0 Å². The first-order chi connectivity index (χ1) is 7.22. The molecule has 1 unspecified atom stereocenters. The van der Waals surface area contributed by atoms with Gasteiger partial charge in [0.2, 0.25) is 0 Å². The van der Waals surface area contributed by atoms with Gasteiger partial charge in [0.05, 0.1) is 0 Å². The summed E-state index contributed by atoms with van der Waals surface area (Å²) in [5, 5.41) is 3.55. The lowest BCUT2D eigenvalue weighted by atomic mass is 9.87. The van der Waals surface area contributed by atoms with E-state index in [4.69, 9.17) is 4.74 Å². The molecule has 0 bridgehead atoms. The maximum Gasteiger partial charge on any atom is 0.0468 e. The van der Waals surface area contributed by atoms with Crippen molar-refractivity contribution in [3.8, 4) is 0 Å². The molecule has 1 fully saturated rings. The van der Waals surface area contributed by atoms with Gasteiger partial charge in [0.1, 0.15) is 0 Å². The van der Waals surface area contributed by atoms with Crippen LogP contribution in [0.25, 0.3) is 0 Å². The van der Waals surface area contributed by atoms with Gasteiger partial charge in [-0.25, -0.2) is 0 Å². The SMILES string of the molecule is CCC(CNC(C)C)CC1CCOCC1. The monoisotopic (exact) mass is 213 g/mol. The van der Waals surface area contributed by atoms with Gasteiger partial charge < -0.3 is 10.1 Å². The minimum Gasteiger partial charge on any atom is -0.381 e. The highest BCUT2D eigenvalue weighted by molar-refractivity contribution is 4.70. The Morgan fingerprint density at radius 2 is 1.93 bits per heavy atom. The quantitative estimate of drug-likeness (QED) is 0.732. The number of hydrogen-bond acceptors (Lipinski definition) is 2. The normalized spacial score (nSPS) is 20.8. The number of rotatable bonds is 6. The van der Waals surface area contributed by atoms with E-state index in [1.165, 1.54) is 32.2 Å². The van der Waals surface area contributed by atoms with Gasteiger partial charge in [-0.1, -0.05) is 27.2 Å². The molecule has 1 aliphatic heterocycles. The Balaban J connectivity index is 2.19. The van der Waals surface area contributed by atoms with Crippen LogP contribution < -0.4 is 5.32 Å². The van der Waals surface area contributed by atoms with Crippen LogP contribution in [0.4, 0.5) is 0 Å². The van der Waals surface area contributed by atoms with Crippen molar-refractivity contribution in [1.29, 1.82) is 0 Å². The molecular weight excluding hydrogens is 186 g/mol. The van der Waals surface area contributed by atoms with Crippen LogP contribution in [0, 0.1) is 11.8 Å². The molecule has 1 rings (SSSR count). The van der Waals surface area contributed by atoms with E-state index < -0.39 is 0 Å². The van der Waals surface area contributed by atoms with Crippen molar-refractivity contribution in [3.63, 3.8) is 0 Å². The van der Waals surface area contributed by atoms with E-state index in [0.717, 1.165) is 25.0 Å². The Bertz CT molecular complexity index is 153. The summed E-state index contributed by atoms with van der Waals surface area (Å²) in [5.41, 5.74) is 0. The van der Waals surface area contributed by atoms with Crippen LogP contribution in [-0.4, -0.2) is 25.8 Å². The lowest BCUT2D eigenvalue weighted by Crippen LogP contribution is -2.30. The van der Waals surface area contributed by atoms with E-state index >= 15 is 0 Å². The minimum atomic E-state index is 0.619. The average Bonchev–Trinajstić information content (AvgIpc) is 2.25. The molecule has 1 heterocycles. The first-order valence-electron chi connectivity index (χ1n) is 6.53. The fraction of sp³-hybridized carbons (Fsp3) is 1.00. The molecule has 0 radical (unpaired) electrons. The smallest absolute Gasteiger partial charge is 0.0468 e. The molecule has 1 N–H and O–H groups in total. The average molecular weight is 213 g/mol. The van der Waals surface area contributed by atoms with Gasteiger partial charge in [0, 0.05) is 19.3 Å². The fourth-order valence-corrected chi connectivity index (χ4v) is 2.25. The molecule has 0 aromatic heterocycles. The highest BCUT2D eigenvalue weighted by atomic mass is 16.5. The Morgan fingerprint density at radius 3 is 2.47 bits per heavy atom. The standard InChI is InChI=1S/C13H27NO/c1-4-12(10-14-11(2)3)9-13-5-7-15-8-6-13/h11-14H,4-10H2,1-3H3. The summed E-state index contributed by atoms with van der Waals surface area (Å²) >= 11 is 0. The van der Waals surface area contributed by atoms with Gasteiger partial charge in [-0.05, 0) is 37.6 Å². The van der Waals surface area contributed by atoms with Gasteiger partial charge in [-0.3, -0.25) is 0 Å². The summed E-state index contributed by atoms with van der Waals surface area (Å²) in [7, 11) is 0. The zero-order chi connectivity index (χ0) is 11.1. The van der Waals surface area contributed by atoms with Gasteiger partial charge in [0.15, 0.2) is 0 Å². The Kier molecular flexibility index (Phi) is 6.26. The van der Waals surface area contributed by atoms with Crippen LogP contribution in [0.3, 0.4) is 0 Å². The molecule has 0 amide bonds. The van der Waals surface area contributed by atoms with E-state index in [0.29, 0.717) is 6.04 Å². The second-order valence-corrected chi connectivity index (χ2v) is 5.13. The lowest BCUT2D eigenvalue weighted by Gasteiger charge is -2.26. The summed E-state index contributed by atoms with van der Waals surface area (Å²) in [6.07, 6.45) is 5.24. The summed E-state index contributed by atoms with van der Waals surface area (Å²) < 4.78 is 5.40. The van der Waals surface area contributed by atoms with E-state index in [-0.39, 0.29) is 0 Å². The van der Waals surface area contributed by atoms with Gasteiger partial charge in [-0.2, -0.15) is 0 Å². The molecule has 2 nitrogen and oxygen atoms in total. The third-order valence-corrected chi connectivity index (χ3v) is 3.40. The molecule has 0 spiro atoms. The summed E-state index contributed by atoms with van der Waals surface area (Å²) in [5.74, 6) is 1.77. The Hall–Kier alpha value is -0.0800. The van der Waals surface area contributed by atoms with Crippen LogP contribution in [0.2, 0.25) is 0 Å². The second kappa shape index (κ2) is 7.24. The van der Waals surface area contributed by atoms with Crippen LogP contribution in [0.5, 0.6) is 0 Å². The van der Waals surface area contributed by atoms with E-state index in [1.807, 2.05) is 0 Å². The highest BCUT2D eigenvalue weighted by Crippen LogP contribution is 2.24. The van der Waals surface area contributed by atoms with Crippen LogP contribution in [0.15, 0.2) is 0 Å². The van der Waals surface area contributed by atoms with Crippen molar-refractivity contribution in [3.05, 3.63) is 0 Å². The molecule has 0 aromatic rings. The molecule has 0 aromatic carbocycles. The van der Waals surface area contributed by atoms with Crippen molar-refractivity contribution >= 4 is 0 Å². The third kappa shape index (κ3) is 5.53. The molecule has 2 heteroatoms. The van der Waals surface area contributed by atoms with Gasteiger partial charge >= 0.3 is 0 Å². The molecular formula is C13H27NO. The first-order valence-corrected chi connectivity index (χ1v) is 6.53. The molecule has 1 saturated heterocycles. The molecule has 0 aliphatic carbocycles. The van der Waals surface area contributed by atoms with E-state index in [2.05, 4.69) is 26.1 Å². The fourth-order valence-electron chi connectivity index (χ4n) is 2.25. The first kappa shape index (κ1) is 13.0. The summed E-state index contributed by atoms with van der Waals surface area (Å²) in [6, 6.07) is 0.619. The maximum absolute atomic E-state index is 5.40. The van der Waals surface area contributed by atoms with Crippen LogP contribution in [-0.2, 0) is 4.74 Å². The molecule has 90 valence electrons. The maximum atomic E-state index is 5.40. The summed E-state index contributed by atoms with van der Waals surface area (Å²) in [6.45, 7) is 9.91. The molecule has 15 heavy (non-hydrogen) atoms. The minimum absolute atomic E-state index is 0.619. The topological polar surface area (TPSA) is 21.3 Å². The number of nitrogens with one attached hydrogen (secondary N) is 1. The largest absolute Gasteiger partial charge is 0.381 e. The third-order valence-electron chi connectivity index (χ3n) is 3.40. The van der Waals surface area contributed by atoms with Crippen molar-refractivity contribution in [2.24, 2.45) is 11.8 Å². The highest BCUT2D eigenvalue weighted by Gasteiger charge is 2.18. The van der Waals surface area contributed by atoms with Gasteiger partial charge in [-0.15, -0.1) is 0 Å². The zero-order valence-electron chi connectivity index (χ0n) is 10.6. The molecule has 1 atom stereocenters. The number of hydrogen-bond donors (Lipinski definition) is 1. The predicted octanol–water partition coefficient (Wildman–Crippen LogP) is 2.83. The molecule has 0 saturated carbocycles. The second-order valence-electron chi connectivity index (χ2n) is 5.13. The van der Waals surface area contributed by atoms with E-state index in [1.54, 1.807) is 0 Å². The van der Waals surface area contributed by atoms with Crippen molar-refractivity contribution < 1.29 is 4.74 Å². The number of ether oxygens (including phenoxy) is 1. The predicted molar refractivity (Wildman–Crippen MR) is 65.1 cm³/mol. The lowest BCUT2D eigenvalue weighted by molar-refractivity contribution is 0.0581. The van der Waals surface area contributed by atoms with Crippen LogP contribution >= 0.6 is 0 Å². The van der Waals surface area contributed by atoms with Crippen molar-refractivity contribution in [1.82, 2.24) is 5.32 Å².